The Morgan fingerprint density at radius 3 is 3.00 bits per heavy atom. The van der Waals surface area contributed by atoms with Crippen molar-refractivity contribution in [3.63, 3.8) is 0 Å². The van der Waals surface area contributed by atoms with Crippen molar-refractivity contribution in [2.75, 3.05) is 11.5 Å². The van der Waals surface area contributed by atoms with Crippen molar-refractivity contribution in [2.45, 2.75) is 13.8 Å². The number of pyridine rings is 1. The normalized spacial score (nSPS) is 9.20. The Morgan fingerprint density at radius 2 is 2.40 bits per heavy atom. The Bertz CT molecular complexity index is 432. The molecule has 1 aromatic rings. The van der Waals surface area contributed by atoms with Crippen LogP contribution in [0.15, 0.2) is 12.3 Å². The van der Waals surface area contributed by atoms with Crippen molar-refractivity contribution < 1.29 is 4.79 Å². The third kappa shape index (κ3) is 4.05. The lowest BCUT2D eigenvalue weighted by molar-refractivity contribution is -0.109. The quantitative estimate of drug-likeness (QED) is 0.730. The van der Waals surface area contributed by atoms with Crippen molar-refractivity contribution in [1.29, 1.82) is 0 Å². The van der Waals surface area contributed by atoms with Gasteiger partial charge in [-0.1, -0.05) is 23.6 Å². The molecule has 15 heavy (non-hydrogen) atoms. The molecule has 1 rings (SSSR count). The Morgan fingerprint density at radius 1 is 1.67 bits per heavy atom. The summed E-state index contributed by atoms with van der Waals surface area (Å²) in [6.45, 7) is 3.46. The minimum atomic E-state index is 0.0800. The highest BCUT2D eigenvalue weighted by Gasteiger charge is 1.95. The lowest BCUT2D eigenvalue weighted by atomic mass is 10.1. The highest BCUT2D eigenvalue weighted by atomic mass is 32.2. The number of nitrogens with two attached hydrogens (primary N) is 1. The molecule has 4 heteroatoms. The van der Waals surface area contributed by atoms with Gasteiger partial charge in [-0.25, -0.2) is 4.98 Å². The van der Waals surface area contributed by atoms with E-state index in [4.69, 9.17) is 5.73 Å². The van der Waals surface area contributed by atoms with E-state index in [0.29, 0.717) is 11.6 Å². The predicted octanol–water partition coefficient (Wildman–Crippen LogP) is 1.60. The van der Waals surface area contributed by atoms with E-state index in [-0.39, 0.29) is 5.12 Å². The number of aromatic nitrogens is 1. The summed E-state index contributed by atoms with van der Waals surface area (Å²) >= 11 is 1.20. The minimum Gasteiger partial charge on any atom is -0.384 e. The van der Waals surface area contributed by atoms with Crippen LogP contribution in [0.5, 0.6) is 0 Å². The van der Waals surface area contributed by atoms with Gasteiger partial charge in [0, 0.05) is 18.7 Å². The summed E-state index contributed by atoms with van der Waals surface area (Å²) in [7, 11) is 0. The highest BCUT2D eigenvalue weighted by Crippen LogP contribution is 2.07. The fourth-order valence-corrected chi connectivity index (χ4v) is 1.33. The summed E-state index contributed by atoms with van der Waals surface area (Å²) in [6.07, 6.45) is 1.65. The summed E-state index contributed by atoms with van der Waals surface area (Å²) in [5, 5.41) is 0.0800. The van der Waals surface area contributed by atoms with Crippen molar-refractivity contribution in [1.82, 2.24) is 4.98 Å². The second-order valence-electron chi connectivity index (χ2n) is 3.01. The number of hydrogen-bond acceptors (Lipinski definition) is 4. The molecule has 0 aliphatic heterocycles. The molecule has 3 nitrogen and oxygen atoms in total. The molecule has 0 saturated heterocycles. The summed E-state index contributed by atoms with van der Waals surface area (Å²) < 4.78 is 0. The third-order valence-electron chi connectivity index (χ3n) is 1.70. The molecule has 0 aliphatic carbocycles. The molecule has 1 heterocycles. The van der Waals surface area contributed by atoms with Crippen LogP contribution in [0.25, 0.3) is 0 Å². The number of hydrogen-bond donors (Lipinski definition) is 1. The lowest BCUT2D eigenvalue weighted by Gasteiger charge is -1.97. The van der Waals surface area contributed by atoms with Crippen LogP contribution in [0.3, 0.4) is 0 Å². The SMILES string of the molecule is CC(=O)SCC#Cc1cnc(N)cc1C. The molecule has 1 aromatic heterocycles. The Balaban J connectivity index is 2.67. The summed E-state index contributed by atoms with van der Waals surface area (Å²) in [5.41, 5.74) is 7.37. The van der Waals surface area contributed by atoms with E-state index < -0.39 is 0 Å². The number of carbonyl (C=O) groups excluding carboxylic acids is 1. The molecular weight excluding hydrogens is 208 g/mol. The first-order chi connectivity index (χ1) is 7.09. The molecule has 0 saturated carbocycles. The number of aryl methyl sites for hydroxylation is 1. The lowest BCUT2D eigenvalue weighted by Crippen LogP contribution is -1.92. The van der Waals surface area contributed by atoms with Gasteiger partial charge < -0.3 is 5.73 Å². The Labute approximate surface area is 93.5 Å². The number of rotatable bonds is 1. The van der Waals surface area contributed by atoms with Gasteiger partial charge in [-0.2, -0.15) is 0 Å². The molecule has 0 spiro atoms. The monoisotopic (exact) mass is 220 g/mol. The maximum absolute atomic E-state index is 10.6. The van der Waals surface area contributed by atoms with E-state index in [1.165, 1.54) is 18.7 Å². The minimum absolute atomic E-state index is 0.0800. The van der Waals surface area contributed by atoms with Crippen LogP contribution in [-0.2, 0) is 4.79 Å². The van der Waals surface area contributed by atoms with Crippen LogP contribution in [0, 0.1) is 18.8 Å². The Kier molecular flexibility index (Phi) is 4.19. The molecule has 0 unspecified atom stereocenters. The van der Waals surface area contributed by atoms with Gasteiger partial charge in [0.15, 0.2) is 5.12 Å². The van der Waals surface area contributed by atoms with E-state index in [9.17, 15) is 4.79 Å². The zero-order chi connectivity index (χ0) is 11.3. The second-order valence-corrected chi connectivity index (χ2v) is 4.16. The van der Waals surface area contributed by atoms with E-state index in [1.807, 2.05) is 6.92 Å². The summed E-state index contributed by atoms with van der Waals surface area (Å²) in [5.74, 6) is 6.87. The molecule has 0 aliphatic rings. The zero-order valence-corrected chi connectivity index (χ0v) is 9.52. The van der Waals surface area contributed by atoms with Crippen molar-refractivity contribution in [3.05, 3.63) is 23.4 Å². The fourth-order valence-electron chi connectivity index (χ4n) is 0.978. The topological polar surface area (TPSA) is 56.0 Å². The molecular formula is C11H12N2OS. The number of anilines is 1. The Hall–Kier alpha value is -1.47. The van der Waals surface area contributed by atoms with Gasteiger partial charge in [0.1, 0.15) is 5.82 Å². The number of thioether (sulfide) groups is 1. The molecule has 0 aromatic carbocycles. The molecule has 0 fully saturated rings. The average molecular weight is 220 g/mol. The first-order valence-corrected chi connectivity index (χ1v) is 5.42. The van der Waals surface area contributed by atoms with Crippen LogP contribution >= 0.6 is 11.8 Å². The van der Waals surface area contributed by atoms with Gasteiger partial charge >= 0.3 is 0 Å². The summed E-state index contributed by atoms with van der Waals surface area (Å²) in [6, 6.07) is 1.78. The third-order valence-corrected chi connectivity index (χ3v) is 2.40. The van der Waals surface area contributed by atoms with Gasteiger partial charge in [-0.3, -0.25) is 4.79 Å². The first-order valence-electron chi connectivity index (χ1n) is 4.44. The maximum atomic E-state index is 10.6. The van der Waals surface area contributed by atoms with E-state index in [2.05, 4.69) is 16.8 Å². The number of nitrogen functional groups attached to an aromatic ring is 1. The largest absolute Gasteiger partial charge is 0.384 e. The van der Waals surface area contributed by atoms with Crippen LogP contribution in [0.2, 0.25) is 0 Å². The van der Waals surface area contributed by atoms with Crippen molar-refractivity contribution in [2.24, 2.45) is 0 Å². The van der Waals surface area contributed by atoms with Crippen LogP contribution in [0.1, 0.15) is 18.1 Å². The average Bonchev–Trinajstić information content (AvgIpc) is 2.14. The van der Waals surface area contributed by atoms with Gasteiger partial charge in [0.2, 0.25) is 0 Å². The molecule has 0 atom stereocenters. The summed E-state index contributed by atoms with van der Waals surface area (Å²) in [4.78, 5) is 14.6. The van der Waals surface area contributed by atoms with Gasteiger partial charge in [-0.15, -0.1) is 0 Å². The zero-order valence-electron chi connectivity index (χ0n) is 8.70. The fraction of sp³-hybridized carbons (Fsp3) is 0.273. The molecule has 0 bridgehead atoms. The molecule has 2 N–H and O–H groups in total. The standard InChI is InChI=1S/C11H12N2OS/c1-8-6-11(12)13-7-10(8)4-3-5-15-9(2)14/h6-7H,5H2,1-2H3,(H2,12,13). The van der Waals surface area contributed by atoms with Gasteiger partial charge in [0.05, 0.1) is 5.75 Å². The van der Waals surface area contributed by atoms with E-state index in [0.717, 1.165) is 11.1 Å². The van der Waals surface area contributed by atoms with E-state index in [1.54, 1.807) is 12.3 Å². The molecule has 0 radical (unpaired) electrons. The smallest absolute Gasteiger partial charge is 0.186 e. The molecule has 0 amide bonds. The highest BCUT2D eigenvalue weighted by molar-refractivity contribution is 8.13. The second kappa shape index (κ2) is 5.42. The molecule has 78 valence electrons. The number of nitrogens with zero attached hydrogens (tertiary/aromatic N) is 1. The number of carbonyl (C=O) groups is 1. The van der Waals surface area contributed by atoms with Gasteiger partial charge in [0.25, 0.3) is 0 Å². The van der Waals surface area contributed by atoms with Crippen LogP contribution < -0.4 is 5.73 Å². The van der Waals surface area contributed by atoms with E-state index >= 15 is 0 Å². The first kappa shape index (κ1) is 11.6. The predicted molar refractivity (Wildman–Crippen MR) is 63.4 cm³/mol. The van der Waals surface area contributed by atoms with Crippen LogP contribution in [-0.4, -0.2) is 15.9 Å². The maximum Gasteiger partial charge on any atom is 0.186 e. The van der Waals surface area contributed by atoms with Crippen molar-refractivity contribution in [3.8, 4) is 11.8 Å². The van der Waals surface area contributed by atoms with Gasteiger partial charge in [-0.05, 0) is 18.6 Å². The van der Waals surface area contributed by atoms with Crippen molar-refractivity contribution >= 4 is 22.7 Å². The van der Waals surface area contributed by atoms with Crippen LogP contribution in [0.4, 0.5) is 5.82 Å².